The zero-order chi connectivity index (χ0) is 12.5. The summed E-state index contributed by atoms with van der Waals surface area (Å²) >= 11 is 3.52. The van der Waals surface area contributed by atoms with Crippen LogP contribution in [0, 0.1) is 11.8 Å². The molecule has 18 heavy (non-hydrogen) atoms. The maximum absolute atomic E-state index is 10.4. The molecule has 1 aliphatic carbocycles. The SMILES string of the molecule is OC(CC1NCC2CCCC21)c1ccccc1Br. The second kappa shape index (κ2) is 5.32. The fourth-order valence-corrected chi connectivity index (χ4v) is 4.22. The van der Waals surface area contributed by atoms with E-state index in [4.69, 9.17) is 0 Å². The molecule has 98 valence electrons. The Balaban J connectivity index is 1.68. The first-order valence-corrected chi connectivity index (χ1v) is 7.71. The molecule has 1 saturated carbocycles. The van der Waals surface area contributed by atoms with Crippen LogP contribution in [0.4, 0.5) is 0 Å². The number of benzene rings is 1. The van der Waals surface area contributed by atoms with Crippen molar-refractivity contribution in [3.05, 3.63) is 34.3 Å². The normalized spacial score (nSPS) is 32.4. The average molecular weight is 310 g/mol. The Hall–Kier alpha value is -0.380. The number of hydrogen-bond donors (Lipinski definition) is 2. The second-order valence-electron chi connectivity index (χ2n) is 5.64. The van der Waals surface area contributed by atoms with Gasteiger partial charge >= 0.3 is 0 Å². The van der Waals surface area contributed by atoms with Crippen molar-refractivity contribution in [1.29, 1.82) is 0 Å². The molecule has 2 nitrogen and oxygen atoms in total. The minimum Gasteiger partial charge on any atom is -0.388 e. The van der Waals surface area contributed by atoms with Crippen molar-refractivity contribution < 1.29 is 5.11 Å². The van der Waals surface area contributed by atoms with E-state index in [9.17, 15) is 5.11 Å². The van der Waals surface area contributed by atoms with Gasteiger partial charge in [-0.05, 0) is 49.3 Å². The summed E-state index contributed by atoms with van der Waals surface area (Å²) in [5, 5.41) is 14.0. The smallest absolute Gasteiger partial charge is 0.0815 e. The van der Waals surface area contributed by atoms with Crippen molar-refractivity contribution in [3.63, 3.8) is 0 Å². The predicted octanol–water partition coefficient (Wildman–Crippen LogP) is 3.26. The van der Waals surface area contributed by atoms with Crippen molar-refractivity contribution in [2.75, 3.05) is 6.54 Å². The Morgan fingerprint density at radius 1 is 1.33 bits per heavy atom. The standard InChI is InChI=1S/C15H20BrNO/c16-13-7-2-1-5-12(13)15(18)8-14-11-6-3-4-10(11)9-17-14/h1-2,5,7,10-11,14-15,17-18H,3-4,6,8-9H2. The van der Waals surface area contributed by atoms with Crippen LogP contribution in [0.3, 0.4) is 0 Å². The number of halogens is 1. The molecule has 4 atom stereocenters. The lowest BCUT2D eigenvalue weighted by Crippen LogP contribution is -2.28. The van der Waals surface area contributed by atoms with Crippen molar-refractivity contribution in [2.24, 2.45) is 11.8 Å². The molecule has 1 heterocycles. The highest BCUT2D eigenvalue weighted by Crippen LogP contribution is 2.40. The van der Waals surface area contributed by atoms with Crippen molar-refractivity contribution in [2.45, 2.75) is 37.8 Å². The Kier molecular flexibility index (Phi) is 3.73. The number of rotatable bonds is 3. The lowest BCUT2D eigenvalue weighted by molar-refractivity contribution is 0.144. The zero-order valence-corrected chi connectivity index (χ0v) is 12.1. The molecule has 0 spiro atoms. The summed E-state index contributed by atoms with van der Waals surface area (Å²) in [6.45, 7) is 1.15. The highest BCUT2D eigenvalue weighted by molar-refractivity contribution is 9.10. The Morgan fingerprint density at radius 3 is 3.00 bits per heavy atom. The monoisotopic (exact) mass is 309 g/mol. The Bertz CT molecular complexity index is 423. The van der Waals surface area contributed by atoms with Gasteiger partial charge in [0.15, 0.2) is 0 Å². The van der Waals surface area contributed by atoms with Crippen LogP contribution in [-0.2, 0) is 0 Å². The summed E-state index contributed by atoms with van der Waals surface area (Å²) in [5.74, 6) is 1.66. The van der Waals surface area contributed by atoms with Gasteiger partial charge in [-0.2, -0.15) is 0 Å². The first kappa shape index (κ1) is 12.6. The van der Waals surface area contributed by atoms with Crippen LogP contribution in [-0.4, -0.2) is 17.7 Å². The molecular formula is C15H20BrNO. The van der Waals surface area contributed by atoms with E-state index in [1.807, 2.05) is 24.3 Å². The van der Waals surface area contributed by atoms with Gasteiger partial charge in [0.05, 0.1) is 6.10 Å². The third kappa shape index (κ3) is 2.36. The van der Waals surface area contributed by atoms with E-state index < -0.39 is 0 Å². The van der Waals surface area contributed by atoms with Crippen LogP contribution in [0.1, 0.15) is 37.4 Å². The van der Waals surface area contributed by atoms with Crippen molar-refractivity contribution in [1.82, 2.24) is 5.32 Å². The van der Waals surface area contributed by atoms with Gasteiger partial charge in [-0.1, -0.05) is 40.5 Å². The van der Waals surface area contributed by atoms with Crippen LogP contribution in [0.25, 0.3) is 0 Å². The lowest BCUT2D eigenvalue weighted by Gasteiger charge is -2.22. The van der Waals surface area contributed by atoms with E-state index in [2.05, 4.69) is 21.2 Å². The summed E-state index contributed by atoms with van der Waals surface area (Å²) in [6.07, 6.45) is 4.56. The fourth-order valence-electron chi connectivity index (χ4n) is 3.67. The van der Waals surface area contributed by atoms with Gasteiger partial charge < -0.3 is 10.4 Å². The van der Waals surface area contributed by atoms with Gasteiger partial charge in [0, 0.05) is 10.5 Å². The van der Waals surface area contributed by atoms with E-state index in [1.165, 1.54) is 19.3 Å². The number of aliphatic hydroxyl groups excluding tert-OH is 1. The molecule has 4 unspecified atom stereocenters. The summed E-state index contributed by atoms with van der Waals surface area (Å²) in [6, 6.07) is 8.49. The number of hydrogen-bond acceptors (Lipinski definition) is 2. The number of nitrogens with one attached hydrogen (secondary N) is 1. The van der Waals surface area contributed by atoms with Gasteiger partial charge in [-0.15, -0.1) is 0 Å². The van der Waals surface area contributed by atoms with E-state index >= 15 is 0 Å². The highest BCUT2D eigenvalue weighted by Gasteiger charge is 2.39. The molecule has 0 aromatic heterocycles. The lowest BCUT2D eigenvalue weighted by atomic mass is 9.89. The molecule has 2 fully saturated rings. The first-order chi connectivity index (χ1) is 8.75. The summed E-state index contributed by atoms with van der Waals surface area (Å²) < 4.78 is 1.01. The van der Waals surface area contributed by atoms with Gasteiger partial charge in [0.25, 0.3) is 0 Å². The molecule has 3 rings (SSSR count). The highest BCUT2D eigenvalue weighted by atomic mass is 79.9. The van der Waals surface area contributed by atoms with Crippen molar-refractivity contribution >= 4 is 15.9 Å². The molecule has 1 saturated heterocycles. The summed E-state index contributed by atoms with van der Waals surface area (Å²) in [4.78, 5) is 0. The maximum atomic E-state index is 10.4. The van der Waals surface area contributed by atoms with E-state index in [0.29, 0.717) is 6.04 Å². The van der Waals surface area contributed by atoms with E-state index in [1.54, 1.807) is 0 Å². The minimum absolute atomic E-state index is 0.363. The van der Waals surface area contributed by atoms with Crippen LogP contribution in [0.5, 0.6) is 0 Å². The molecule has 0 bridgehead atoms. The second-order valence-corrected chi connectivity index (χ2v) is 6.50. The number of fused-ring (bicyclic) bond motifs is 1. The molecule has 0 radical (unpaired) electrons. The molecular weight excluding hydrogens is 290 g/mol. The minimum atomic E-state index is -0.363. The molecule has 2 N–H and O–H groups in total. The largest absolute Gasteiger partial charge is 0.388 e. The third-order valence-electron chi connectivity index (χ3n) is 4.62. The van der Waals surface area contributed by atoms with Crippen LogP contribution in [0.2, 0.25) is 0 Å². The Morgan fingerprint density at radius 2 is 2.17 bits per heavy atom. The first-order valence-electron chi connectivity index (χ1n) is 6.91. The summed E-state index contributed by atoms with van der Waals surface area (Å²) in [5.41, 5.74) is 1.01. The maximum Gasteiger partial charge on any atom is 0.0815 e. The molecule has 3 heteroatoms. The predicted molar refractivity (Wildman–Crippen MR) is 76.3 cm³/mol. The Labute approximate surface area is 117 Å². The van der Waals surface area contributed by atoms with Crippen molar-refractivity contribution in [3.8, 4) is 0 Å². The molecule has 2 aliphatic rings. The average Bonchev–Trinajstić information content (AvgIpc) is 2.94. The number of aliphatic hydroxyl groups is 1. The zero-order valence-electron chi connectivity index (χ0n) is 10.5. The molecule has 0 amide bonds. The van der Waals surface area contributed by atoms with E-state index in [0.717, 1.165) is 34.8 Å². The van der Waals surface area contributed by atoms with Gasteiger partial charge in [-0.3, -0.25) is 0 Å². The summed E-state index contributed by atoms with van der Waals surface area (Å²) in [7, 11) is 0. The van der Waals surface area contributed by atoms with Gasteiger partial charge in [0.1, 0.15) is 0 Å². The van der Waals surface area contributed by atoms with Gasteiger partial charge in [-0.25, -0.2) is 0 Å². The van der Waals surface area contributed by atoms with Gasteiger partial charge in [0.2, 0.25) is 0 Å². The van der Waals surface area contributed by atoms with Crippen LogP contribution >= 0.6 is 15.9 Å². The van der Waals surface area contributed by atoms with Crippen LogP contribution < -0.4 is 5.32 Å². The van der Waals surface area contributed by atoms with E-state index in [-0.39, 0.29) is 6.10 Å². The molecule has 1 aliphatic heterocycles. The topological polar surface area (TPSA) is 32.3 Å². The third-order valence-corrected chi connectivity index (χ3v) is 5.34. The fraction of sp³-hybridized carbons (Fsp3) is 0.600. The molecule has 1 aromatic rings. The van der Waals surface area contributed by atoms with Crippen LogP contribution in [0.15, 0.2) is 28.7 Å². The quantitative estimate of drug-likeness (QED) is 0.898. The molecule has 1 aromatic carbocycles.